The molecule has 7 nitrogen and oxygen atoms in total. The molecule has 0 amide bonds. The highest BCUT2D eigenvalue weighted by atomic mass is 16.6. The minimum Gasteiger partial charge on any atom is -0.449 e. The van der Waals surface area contributed by atoms with Crippen molar-refractivity contribution >= 4 is 17.5 Å². The molecule has 2 bridgehead atoms. The molecule has 10 atom stereocenters. The normalized spacial score (nSPS) is 58.5. The van der Waals surface area contributed by atoms with Crippen molar-refractivity contribution in [2.24, 2.45) is 38.9 Å². The lowest BCUT2D eigenvalue weighted by Gasteiger charge is -2.68. The fourth-order valence-electron chi connectivity index (χ4n) is 10.9. The summed E-state index contributed by atoms with van der Waals surface area (Å²) in [5.74, 6) is -1.59. The second-order valence-corrected chi connectivity index (χ2v) is 15.0. The van der Waals surface area contributed by atoms with Gasteiger partial charge in [-0.05, 0) is 68.8 Å². The Kier molecular flexibility index (Phi) is 3.94. The molecule has 4 saturated carbocycles. The Morgan fingerprint density at radius 1 is 0.973 bits per heavy atom. The van der Waals surface area contributed by atoms with E-state index in [-0.39, 0.29) is 23.1 Å². The maximum absolute atomic E-state index is 14.5. The quantitative estimate of drug-likeness (QED) is 0.391. The predicted molar refractivity (Wildman–Crippen MR) is 131 cm³/mol. The van der Waals surface area contributed by atoms with Gasteiger partial charge in [-0.25, -0.2) is 0 Å². The molecule has 0 aromatic rings. The van der Waals surface area contributed by atoms with Crippen LogP contribution in [0.1, 0.15) is 86.5 Å². The van der Waals surface area contributed by atoms with Gasteiger partial charge in [0.25, 0.3) is 0 Å². The number of hydrogen-bond donors (Lipinski definition) is 1. The Balaban J connectivity index is 1.45. The summed E-state index contributed by atoms with van der Waals surface area (Å²) in [5.41, 5.74) is -6.42. The second-order valence-electron chi connectivity index (χ2n) is 15.0. The van der Waals surface area contributed by atoms with Crippen molar-refractivity contribution in [3.8, 4) is 6.07 Å². The SMILES string of the molecule is CC1(C)CC[C@@]23CC[C@@]4(C)[C@]5(C)CC[C@@H]6[C@@](C)(C5=CC(=O)[C@]4(OC2=O)C3C1)[C@H]1O[C@@]1(C#N)C(=O)[C@@]6(C)O. The molecule has 7 aliphatic rings. The molecule has 37 heavy (non-hydrogen) atoms. The summed E-state index contributed by atoms with van der Waals surface area (Å²) < 4.78 is 12.3. The molecule has 1 unspecified atom stereocenters. The third-order valence-electron chi connectivity index (χ3n) is 13.2. The van der Waals surface area contributed by atoms with Gasteiger partial charge in [-0.3, -0.25) is 14.4 Å². The molecule has 0 radical (unpaired) electrons. The molecule has 5 aliphatic carbocycles. The maximum Gasteiger partial charge on any atom is 0.313 e. The number of hydrogen-bond acceptors (Lipinski definition) is 7. The maximum atomic E-state index is 14.5. The zero-order valence-electron chi connectivity index (χ0n) is 22.7. The highest BCUT2D eigenvalue weighted by molar-refractivity contribution is 6.06. The van der Waals surface area contributed by atoms with Crippen LogP contribution < -0.4 is 0 Å². The van der Waals surface area contributed by atoms with Gasteiger partial charge in [-0.1, -0.05) is 40.2 Å². The topological polar surface area (TPSA) is 117 Å². The van der Waals surface area contributed by atoms with Crippen LogP contribution in [-0.4, -0.2) is 45.5 Å². The van der Waals surface area contributed by atoms with Gasteiger partial charge in [0.1, 0.15) is 17.8 Å². The first-order valence-corrected chi connectivity index (χ1v) is 13.9. The largest absolute Gasteiger partial charge is 0.449 e. The van der Waals surface area contributed by atoms with Crippen LogP contribution in [0.5, 0.6) is 0 Å². The summed E-state index contributed by atoms with van der Waals surface area (Å²) in [4.78, 5) is 41.4. The number of epoxide rings is 1. The number of esters is 1. The zero-order valence-corrected chi connectivity index (χ0v) is 22.7. The molecule has 1 spiro atoms. The van der Waals surface area contributed by atoms with Gasteiger partial charge in [0.15, 0.2) is 11.4 Å². The number of ketones is 2. The van der Waals surface area contributed by atoms with Gasteiger partial charge >= 0.3 is 5.97 Å². The number of Topliss-reactive ketones (excluding diaryl/α,β-unsaturated/α-hetero) is 1. The highest BCUT2D eigenvalue weighted by Crippen LogP contribution is 2.80. The van der Waals surface area contributed by atoms with Crippen molar-refractivity contribution in [2.75, 3.05) is 0 Å². The van der Waals surface area contributed by atoms with E-state index in [0.29, 0.717) is 25.7 Å². The van der Waals surface area contributed by atoms with Crippen molar-refractivity contribution in [1.82, 2.24) is 0 Å². The van der Waals surface area contributed by atoms with Crippen LogP contribution in [-0.2, 0) is 23.9 Å². The van der Waals surface area contributed by atoms with E-state index in [1.54, 1.807) is 6.08 Å². The molecular weight excluding hydrogens is 470 g/mol. The highest BCUT2D eigenvalue weighted by Gasteiger charge is 2.86. The minimum atomic E-state index is -1.74. The Labute approximate surface area is 217 Å². The van der Waals surface area contributed by atoms with Crippen LogP contribution >= 0.6 is 0 Å². The van der Waals surface area contributed by atoms with Gasteiger partial charge in [-0.15, -0.1) is 0 Å². The Morgan fingerprint density at radius 2 is 1.65 bits per heavy atom. The molecule has 0 aromatic carbocycles. The Morgan fingerprint density at radius 3 is 2.32 bits per heavy atom. The van der Waals surface area contributed by atoms with Gasteiger partial charge in [0.05, 0.1) is 5.41 Å². The second kappa shape index (κ2) is 6.07. The fraction of sp³-hybridized carbons (Fsp3) is 0.800. The number of rotatable bonds is 0. The van der Waals surface area contributed by atoms with Crippen LogP contribution in [0.4, 0.5) is 0 Å². The van der Waals surface area contributed by atoms with Gasteiger partial charge in [0, 0.05) is 22.7 Å². The van der Waals surface area contributed by atoms with Crippen LogP contribution in [0.15, 0.2) is 11.6 Å². The number of nitrogens with zero attached hydrogens (tertiary/aromatic N) is 1. The lowest BCUT2D eigenvalue weighted by Crippen LogP contribution is -2.73. The van der Waals surface area contributed by atoms with Crippen LogP contribution in [0.25, 0.3) is 0 Å². The third kappa shape index (κ3) is 2.12. The zero-order chi connectivity index (χ0) is 26.8. The molecule has 0 aromatic heterocycles. The summed E-state index contributed by atoms with van der Waals surface area (Å²) in [5, 5.41) is 21.5. The number of carbonyl (C=O) groups is 3. The van der Waals surface area contributed by atoms with E-state index >= 15 is 0 Å². The van der Waals surface area contributed by atoms with Crippen molar-refractivity contribution in [3.63, 3.8) is 0 Å². The third-order valence-corrected chi connectivity index (χ3v) is 13.2. The van der Waals surface area contributed by atoms with E-state index in [4.69, 9.17) is 9.47 Å². The number of nitriles is 1. The van der Waals surface area contributed by atoms with E-state index in [1.807, 2.05) is 6.92 Å². The molecule has 7 rings (SSSR count). The van der Waals surface area contributed by atoms with Crippen molar-refractivity contribution in [1.29, 1.82) is 5.26 Å². The summed E-state index contributed by atoms with van der Waals surface area (Å²) in [6.45, 7) is 12.2. The van der Waals surface area contributed by atoms with Crippen molar-refractivity contribution in [2.45, 2.75) is 109 Å². The number of carbonyl (C=O) groups excluding carboxylic acids is 3. The van der Waals surface area contributed by atoms with Crippen molar-refractivity contribution < 1.29 is 29.0 Å². The smallest absolute Gasteiger partial charge is 0.313 e. The van der Waals surface area contributed by atoms with E-state index in [1.165, 1.54) is 6.92 Å². The first kappa shape index (κ1) is 24.0. The van der Waals surface area contributed by atoms with E-state index < -0.39 is 56.3 Å². The Bertz CT molecular complexity index is 1290. The lowest BCUT2D eigenvalue weighted by atomic mass is 9.33. The standard InChI is InChI=1S/C30H37NO6/c1-23(2)9-11-28-12-10-25(4)24(3)8-7-16-26(5,21-29(15-31,36-21)20(33)27(16,6)35)17(24)13-19(32)30(25,18(28)14-23)37-22(28)34/h13,16,18,21,35H,7-12,14H2,1-6H3/t16-,18?,21-,24-,25+,26+,27+,28+,29+,30-/m1/s1. The number of aliphatic hydroxyl groups is 1. The predicted octanol–water partition coefficient (Wildman–Crippen LogP) is 3.82. The molecule has 2 heterocycles. The fourth-order valence-corrected chi connectivity index (χ4v) is 10.9. The minimum absolute atomic E-state index is 0.0128. The Hall–Kier alpha value is -2.04. The summed E-state index contributed by atoms with van der Waals surface area (Å²) in [6, 6.07) is 2.07. The average Bonchev–Trinajstić information content (AvgIpc) is 3.54. The summed E-state index contributed by atoms with van der Waals surface area (Å²) in [7, 11) is 0. The first-order chi connectivity index (χ1) is 17.0. The van der Waals surface area contributed by atoms with Gasteiger partial charge < -0.3 is 14.6 Å². The van der Waals surface area contributed by atoms with Crippen LogP contribution in [0.3, 0.4) is 0 Å². The molecular formula is C30H37NO6. The summed E-state index contributed by atoms with van der Waals surface area (Å²) in [6.07, 6.45) is 6.07. The van der Waals surface area contributed by atoms with E-state index in [0.717, 1.165) is 24.8 Å². The van der Waals surface area contributed by atoms with Crippen molar-refractivity contribution in [3.05, 3.63) is 11.6 Å². The summed E-state index contributed by atoms with van der Waals surface area (Å²) >= 11 is 0. The first-order valence-electron chi connectivity index (χ1n) is 13.9. The van der Waals surface area contributed by atoms with Gasteiger partial charge in [0.2, 0.25) is 11.4 Å². The molecule has 198 valence electrons. The average molecular weight is 508 g/mol. The molecule has 2 saturated heterocycles. The molecule has 7 heteroatoms. The number of ether oxygens (including phenoxy) is 2. The lowest BCUT2D eigenvalue weighted by molar-refractivity contribution is -0.211. The van der Waals surface area contributed by atoms with E-state index in [9.17, 15) is 24.8 Å². The molecule has 1 N–H and O–H groups in total. The van der Waals surface area contributed by atoms with Crippen LogP contribution in [0.2, 0.25) is 0 Å². The molecule has 2 aliphatic heterocycles. The van der Waals surface area contributed by atoms with Gasteiger partial charge in [-0.2, -0.15) is 5.26 Å². The number of fused-ring (bicyclic) bond motifs is 6. The van der Waals surface area contributed by atoms with E-state index in [2.05, 4.69) is 33.8 Å². The molecule has 6 fully saturated rings. The monoisotopic (exact) mass is 507 g/mol. The van der Waals surface area contributed by atoms with Crippen LogP contribution in [0, 0.1) is 50.2 Å².